The van der Waals surface area contributed by atoms with Gasteiger partial charge in [-0.3, -0.25) is 0 Å². The van der Waals surface area contributed by atoms with Crippen molar-refractivity contribution in [2.75, 3.05) is 6.79 Å². The molecule has 1 heterocycles. The Morgan fingerprint density at radius 2 is 1.92 bits per heavy atom. The Kier molecular flexibility index (Phi) is 2.11. The number of thiol groups is 2. The van der Waals surface area contributed by atoms with Crippen LogP contribution in [-0.2, 0) is 5.75 Å². The van der Waals surface area contributed by atoms with Crippen molar-refractivity contribution in [2.45, 2.75) is 10.6 Å². The van der Waals surface area contributed by atoms with E-state index in [1.54, 1.807) is 0 Å². The molecule has 0 radical (unpaired) electrons. The highest BCUT2D eigenvalue weighted by molar-refractivity contribution is 7.81. The van der Waals surface area contributed by atoms with Crippen LogP contribution in [0.5, 0.6) is 11.5 Å². The highest BCUT2D eigenvalue weighted by Crippen LogP contribution is 2.36. The van der Waals surface area contributed by atoms with E-state index in [0.29, 0.717) is 12.5 Å². The van der Waals surface area contributed by atoms with Gasteiger partial charge in [0.15, 0.2) is 11.5 Å². The van der Waals surface area contributed by atoms with Gasteiger partial charge in [-0.1, -0.05) is 0 Å². The lowest BCUT2D eigenvalue weighted by molar-refractivity contribution is 0.174. The first kappa shape index (κ1) is 8.13. The fourth-order valence-corrected chi connectivity index (χ4v) is 1.75. The molecule has 1 aromatic rings. The summed E-state index contributed by atoms with van der Waals surface area (Å²) >= 11 is 8.47. The summed E-state index contributed by atoms with van der Waals surface area (Å²) in [6.45, 7) is 0.304. The largest absolute Gasteiger partial charge is 0.454 e. The van der Waals surface area contributed by atoms with Crippen LogP contribution in [-0.4, -0.2) is 6.79 Å². The van der Waals surface area contributed by atoms with Crippen molar-refractivity contribution < 1.29 is 9.47 Å². The summed E-state index contributed by atoms with van der Waals surface area (Å²) in [4.78, 5) is 0.897. The van der Waals surface area contributed by atoms with Crippen LogP contribution in [0.25, 0.3) is 0 Å². The summed E-state index contributed by atoms with van der Waals surface area (Å²) in [5.74, 6) is 2.22. The van der Waals surface area contributed by atoms with Gasteiger partial charge >= 0.3 is 0 Å². The molecular formula is C8H8O2S2. The van der Waals surface area contributed by atoms with E-state index in [-0.39, 0.29) is 0 Å². The van der Waals surface area contributed by atoms with E-state index in [1.165, 1.54) is 0 Å². The molecule has 0 aliphatic carbocycles. The lowest BCUT2D eigenvalue weighted by Gasteiger charge is -2.02. The van der Waals surface area contributed by atoms with E-state index >= 15 is 0 Å². The molecule has 0 unspecified atom stereocenters. The number of hydrogen-bond donors (Lipinski definition) is 2. The molecule has 0 amide bonds. The van der Waals surface area contributed by atoms with Gasteiger partial charge in [-0.05, 0) is 17.7 Å². The Hall–Kier alpha value is -0.480. The zero-order valence-electron chi connectivity index (χ0n) is 6.28. The van der Waals surface area contributed by atoms with Gasteiger partial charge in [-0.25, -0.2) is 0 Å². The monoisotopic (exact) mass is 200 g/mol. The van der Waals surface area contributed by atoms with Crippen molar-refractivity contribution >= 4 is 25.3 Å². The molecule has 12 heavy (non-hydrogen) atoms. The third kappa shape index (κ3) is 1.25. The maximum atomic E-state index is 5.21. The van der Waals surface area contributed by atoms with Crippen molar-refractivity contribution in [3.05, 3.63) is 17.7 Å². The molecule has 0 fully saturated rings. The van der Waals surface area contributed by atoms with Crippen molar-refractivity contribution in [1.82, 2.24) is 0 Å². The second-order valence-electron chi connectivity index (χ2n) is 2.49. The predicted molar refractivity (Wildman–Crippen MR) is 52.5 cm³/mol. The maximum Gasteiger partial charge on any atom is 0.231 e. The molecule has 64 valence electrons. The zero-order chi connectivity index (χ0) is 8.55. The average molecular weight is 200 g/mol. The van der Waals surface area contributed by atoms with E-state index in [4.69, 9.17) is 9.47 Å². The first-order valence-electron chi connectivity index (χ1n) is 3.53. The maximum absolute atomic E-state index is 5.21. The molecule has 0 saturated heterocycles. The van der Waals surface area contributed by atoms with Gasteiger partial charge in [-0.15, -0.1) is 12.6 Å². The third-order valence-corrected chi connectivity index (χ3v) is 2.50. The fourth-order valence-electron chi connectivity index (χ4n) is 1.10. The van der Waals surface area contributed by atoms with E-state index in [2.05, 4.69) is 25.3 Å². The Balaban J connectivity index is 2.49. The molecule has 0 N–H and O–H groups in total. The first-order valence-corrected chi connectivity index (χ1v) is 4.61. The van der Waals surface area contributed by atoms with Gasteiger partial charge in [0, 0.05) is 10.6 Å². The summed E-state index contributed by atoms with van der Waals surface area (Å²) in [5, 5.41) is 0. The second kappa shape index (κ2) is 3.11. The molecule has 1 aromatic carbocycles. The molecule has 0 saturated carbocycles. The summed E-state index contributed by atoms with van der Waals surface area (Å²) in [7, 11) is 0. The average Bonchev–Trinajstić information content (AvgIpc) is 2.49. The van der Waals surface area contributed by atoms with Gasteiger partial charge < -0.3 is 9.47 Å². The Labute approximate surface area is 81.7 Å². The minimum Gasteiger partial charge on any atom is -0.454 e. The van der Waals surface area contributed by atoms with Crippen LogP contribution in [0.3, 0.4) is 0 Å². The lowest BCUT2D eigenvalue weighted by Crippen LogP contribution is -1.92. The van der Waals surface area contributed by atoms with E-state index < -0.39 is 0 Å². The Morgan fingerprint density at radius 3 is 2.58 bits per heavy atom. The molecule has 0 spiro atoms. The van der Waals surface area contributed by atoms with Crippen molar-refractivity contribution in [1.29, 1.82) is 0 Å². The number of benzene rings is 1. The third-order valence-electron chi connectivity index (χ3n) is 1.74. The fraction of sp³-hybridized carbons (Fsp3) is 0.250. The van der Waals surface area contributed by atoms with Gasteiger partial charge in [0.1, 0.15) is 0 Å². The summed E-state index contributed by atoms with van der Waals surface area (Å²) < 4.78 is 10.4. The highest BCUT2D eigenvalue weighted by atomic mass is 32.1. The minimum atomic E-state index is 0.304. The Morgan fingerprint density at radius 1 is 1.25 bits per heavy atom. The quantitative estimate of drug-likeness (QED) is 0.677. The summed E-state index contributed by atoms with van der Waals surface area (Å²) in [6, 6.07) is 3.77. The van der Waals surface area contributed by atoms with E-state index in [1.807, 2.05) is 12.1 Å². The number of hydrogen-bond acceptors (Lipinski definition) is 4. The van der Waals surface area contributed by atoms with Gasteiger partial charge in [0.25, 0.3) is 0 Å². The van der Waals surface area contributed by atoms with Crippen LogP contribution in [0.1, 0.15) is 5.56 Å². The van der Waals surface area contributed by atoms with E-state index in [0.717, 1.165) is 22.0 Å². The van der Waals surface area contributed by atoms with Crippen molar-refractivity contribution in [2.24, 2.45) is 0 Å². The van der Waals surface area contributed by atoms with Crippen LogP contribution in [0, 0.1) is 0 Å². The van der Waals surface area contributed by atoms with Gasteiger partial charge in [0.2, 0.25) is 6.79 Å². The van der Waals surface area contributed by atoms with Crippen LogP contribution in [0.2, 0.25) is 0 Å². The van der Waals surface area contributed by atoms with E-state index in [9.17, 15) is 0 Å². The molecule has 2 nitrogen and oxygen atoms in total. The number of ether oxygens (including phenoxy) is 2. The number of fused-ring (bicyclic) bond motifs is 1. The standard InChI is InChI=1S/C8H8O2S2/c11-3-5-1-6-7(2-8(5)12)10-4-9-6/h1-2,11-12H,3-4H2. The minimum absolute atomic E-state index is 0.304. The normalized spacial score (nSPS) is 13.5. The smallest absolute Gasteiger partial charge is 0.231 e. The molecule has 4 heteroatoms. The zero-order valence-corrected chi connectivity index (χ0v) is 8.07. The van der Waals surface area contributed by atoms with Crippen LogP contribution < -0.4 is 9.47 Å². The molecule has 1 aliphatic heterocycles. The molecular weight excluding hydrogens is 192 g/mol. The van der Waals surface area contributed by atoms with Crippen LogP contribution in [0.4, 0.5) is 0 Å². The first-order chi connectivity index (χ1) is 5.81. The summed E-state index contributed by atoms with van der Waals surface area (Å²) in [5.41, 5.74) is 1.06. The summed E-state index contributed by atoms with van der Waals surface area (Å²) in [6.07, 6.45) is 0. The molecule has 0 aromatic heterocycles. The van der Waals surface area contributed by atoms with Gasteiger partial charge in [-0.2, -0.15) is 12.6 Å². The van der Waals surface area contributed by atoms with Crippen LogP contribution >= 0.6 is 25.3 Å². The predicted octanol–water partition coefficient (Wildman–Crippen LogP) is 2.13. The molecule has 0 atom stereocenters. The van der Waals surface area contributed by atoms with Gasteiger partial charge in [0.05, 0.1) is 0 Å². The second-order valence-corrected chi connectivity index (χ2v) is 3.29. The highest BCUT2D eigenvalue weighted by Gasteiger charge is 2.14. The molecule has 1 aliphatic rings. The van der Waals surface area contributed by atoms with Crippen LogP contribution in [0.15, 0.2) is 17.0 Å². The number of rotatable bonds is 1. The van der Waals surface area contributed by atoms with Crippen molar-refractivity contribution in [3.63, 3.8) is 0 Å². The molecule has 2 rings (SSSR count). The Bertz CT molecular complexity index is 311. The van der Waals surface area contributed by atoms with Crippen molar-refractivity contribution in [3.8, 4) is 11.5 Å². The topological polar surface area (TPSA) is 18.5 Å². The lowest BCUT2D eigenvalue weighted by atomic mass is 10.2. The molecule has 0 bridgehead atoms. The SMILES string of the molecule is SCc1cc2c(cc1S)OCO2.